The number of hydrogen-bond acceptors (Lipinski definition) is 3. The van der Waals surface area contributed by atoms with Crippen molar-refractivity contribution in [1.82, 2.24) is 4.90 Å². The number of para-hydroxylation sites is 1. The molecule has 5 nitrogen and oxygen atoms in total. The van der Waals surface area contributed by atoms with E-state index in [0.29, 0.717) is 5.56 Å². The van der Waals surface area contributed by atoms with Crippen molar-refractivity contribution >= 4 is 23.2 Å². The summed E-state index contributed by atoms with van der Waals surface area (Å²) in [5.41, 5.74) is 2.30. The maximum Gasteiger partial charge on any atom is 0.253 e. The molecule has 2 amide bonds. The van der Waals surface area contributed by atoms with Gasteiger partial charge in [-0.1, -0.05) is 24.3 Å². The molecule has 0 aromatic heterocycles. The Hall–Kier alpha value is -2.82. The van der Waals surface area contributed by atoms with E-state index in [9.17, 15) is 9.59 Å². The second kappa shape index (κ2) is 8.52. The standard InChI is InChI=1S/C21H25N3O2/c1-23(19-11-4-2-5-12-19)20(25)16-22-18-10-8-9-17(15-18)21(26)24-13-6-3-7-14-24/h2,4-5,8-12,15,22H,3,6-7,13-14,16H2,1H3. The Morgan fingerprint density at radius 2 is 1.73 bits per heavy atom. The summed E-state index contributed by atoms with van der Waals surface area (Å²) in [5.74, 6) is 0.0324. The highest BCUT2D eigenvalue weighted by Gasteiger charge is 2.18. The van der Waals surface area contributed by atoms with E-state index in [0.717, 1.165) is 37.3 Å². The number of likely N-dealkylation sites (N-methyl/N-ethyl adjacent to an activating group) is 1. The van der Waals surface area contributed by atoms with Gasteiger partial charge in [0.25, 0.3) is 5.91 Å². The molecular formula is C21H25N3O2. The number of rotatable bonds is 5. The quantitative estimate of drug-likeness (QED) is 0.898. The first kappa shape index (κ1) is 18.0. The summed E-state index contributed by atoms with van der Waals surface area (Å²) in [6, 6.07) is 16.9. The minimum atomic E-state index is -0.0380. The highest BCUT2D eigenvalue weighted by atomic mass is 16.2. The van der Waals surface area contributed by atoms with Gasteiger partial charge in [0.1, 0.15) is 0 Å². The lowest BCUT2D eigenvalue weighted by atomic mass is 10.1. The third-order valence-electron chi connectivity index (χ3n) is 4.71. The van der Waals surface area contributed by atoms with Gasteiger partial charge in [-0.2, -0.15) is 0 Å². The van der Waals surface area contributed by atoms with Gasteiger partial charge in [0.05, 0.1) is 6.54 Å². The van der Waals surface area contributed by atoms with E-state index < -0.39 is 0 Å². The third-order valence-corrected chi connectivity index (χ3v) is 4.71. The molecule has 2 aromatic carbocycles. The van der Waals surface area contributed by atoms with Crippen LogP contribution < -0.4 is 10.2 Å². The predicted octanol–water partition coefficient (Wildman–Crippen LogP) is 3.39. The number of carbonyl (C=O) groups is 2. The molecule has 1 saturated heterocycles. The normalized spacial score (nSPS) is 14.0. The number of benzene rings is 2. The Morgan fingerprint density at radius 3 is 2.46 bits per heavy atom. The molecule has 1 fully saturated rings. The molecule has 1 heterocycles. The van der Waals surface area contributed by atoms with Gasteiger partial charge in [-0.25, -0.2) is 0 Å². The number of nitrogens with one attached hydrogen (secondary N) is 1. The summed E-state index contributed by atoms with van der Waals surface area (Å²) in [5, 5.41) is 3.13. The average Bonchev–Trinajstić information content (AvgIpc) is 2.72. The second-order valence-electron chi connectivity index (χ2n) is 6.58. The molecular weight excluding hydrogens is 326 g/mol. The fraction of sp³-hybridized carbons (Fsp3) is 0.333. The topological polar surface area (TPSA) is 52.7 Å². The Bertz CT molecular complexity index is 755. The van der Waals surface area contributed by atoms with E-state index in [-0.39, 0.29) is 18.4 Å². The van der Waals surface area contributed by atoms with Crippen LogP contribution in [0.25, 0.3) is 0 Å². The lowest BCUT2D eigenvalue weighted by molar-refractivity contribution is -0.116. The Morgan fingerprint density at radius 1 is 1.00 bits per heavy atom. The van der Waals surface area contributed by atoms with Gasteiger partial charge in [-0.05, 0) is 49.6 Å². The number of carbonyl (C=O) groups excluding carboxylic acids is 2. The van der Waals surface area contributed by atoms with E-state index in [4.69, 9.17) is 0 Å². The minimum absolute atomic E-state index is 0.0380. The van der Waals surface area contributed by atoms with Crippen LogP contribution in [0.15, 0.2) is 54.6 Å². The predicted molar refractivity (Wildman–Crippen MR) is 105 cm³/mol. The molecule has 0 atom stereocenters. The number of hydrogen-bond donors (Lipinski definition) is 1. The summed E-state index contributed by atoms with van der Waals surface area (Å²) in [6.45, 7) is 1.83. The fourth-order valence-electron chi connectivity index (χ4n) is 3.13. The van der Waals surface area contributed by atoms with Crippen molar-refractivity contribution in [3.8, 4) is 0 Å². The largest absolute Gasteiger partial charge is 0.376 e. The molecule has 0 aliphatic carbocycles. The summed E-state index contributed by atoms with van der Waals surface area (Å²) >= 11 is 0. The third kappa shape index (κ3) is 4.42. The summed E-state index contributed by atoms with van der Waals surface area (Å²) < 4.78 is 0. The molecule has 26 heavy (non-hydrogen) atoms. The number of amides is 2. The van der Waals surface area contributed by atoms with Gasteiger partial charge in [0.2, 0.25) is 5.91 Å². The molecule has 1 N–H and O–H groups in total. The molecule has 0 spiro atoms. The lowest BCUT2D eigenvalue weighted by Crippen LogP contribution is -2.35. The maximum absolute atomic E-state index is 12.6. The monoisotopic (exact) mass is 351 g/mol. The Kier molecular flexibility index (Phi) is 5.89. The number of anilines is 2. The highest BCUT2D eigenvalue weighted by Crippen LogP contribution is 2.17. The van der Waals surface area contributed by atoms with Gasteiger partial charge in [0, 0.05) is 37.1 Å². The molecule has 1 aliphatic rings. The van der Waals surface area contributed by atoms with E-state index in [1.165, 1.54) is 6.42 Å². The number of nitrogens with zero attached hydrogens (tertiary/aromatic N) is 2. The first-order valence-electron chi connectivity index (χ1n) is 9.10. The average molecular weight is 351 g/mol. The zero-order chi connectivity index (χ0) is 18.4. The van der Waals surface area contributed by atoms with Gasteiger partial charge in [0.15, 0.2) is 0 Å². The van der Waals surface area contributed by atoms with E-state index >= 15 is 0 Å². The Labute approximate surface area is 154 Å². The van der Waals surface area contributed by atoms with E-state index in [1.807, 2.05) is 59.5 Å². The number of likely N-dealkylation sites (tertiary alicyclic amines) is 1. The van der Waals surface area contributed by atoms with E-state index in [2.05, 4.69) is 5.32 Å². The van der Waals surface area contributed by atoms with Crippen LogP contribution in [0.1, 0.15) is 29.6 Å². The van der Waals surface area contributed by atoms with Crippen molar-refractivity contribution in [2.75, 3.05) is 36.9 Å². The molecule has 5 heteroatoms. The minimum Gasteiger partial charge on any atom is -0.376 e. The van der Waals surface area contributed by atoms with Crippen LogP contribution in [-0.2, 0) is 4.79 Å². The van der Waals surface area contributed by atoms with Crippen LogP contribution in [-0.4, -0.2) is 43.4 Å². The first-order valence-corrected chi connectivity index (χ1v) is 9.10. The molecule has 1 aliphatic heterocycles. The molecule has 3 rings (SSSR count). The van der Waals surface area contributed by atoms with Crippen molar-refractivity contribution in [2.45, 2.75) is 19.3 Å². The van der Waals surface area contributed by atoms with Crippen LogP contribution in [0, 0.1) is 0 Å². The molecule has 136 valence electrons. The van der Waals surface area contributed by atoms with Gasteiger partial charge >= 0.3 is 0 Å². The van der Waals surface area contributed by atoms with Gasteiger partial charge < -0.3 is 15.1 Å². The SMILES string of the molecule is CN(C(=O)CNc1cccc(C(=O)N2CCCCC2)c1)c1ccccc1. The molecule has 0 saturated carbocycles. The van der Waals surface area contributed by atoms with Gasteiger partial charge in [-0.3, -0.25) is 9.59 Å². The second-order valence-corrected chi connectivity index (χ2v) is 6.58. The van der Waals surface area contributed by atoms with Crippen molar-refractivity contribution in [3.63, 3.8) is 0 Å². The van der Waals surface area contributed by atoms with Crippen LogP contribution in [0.4, 0.5) is 11.4 Å². The fourth-order valence-corrected chi connectivity index (χ4v) is 3.13. The molecule has 0 unspecified atom stereocenters. The van der Waals surface area contributed by atoms with Crippen molar-refractivity contribution in [3.05, 3.63) is 60.2 Å². The highest BCUT2D eigenvalue weighted by molar-refractivity contribution is 5.97. The lowest BCUT2D eigenvalue weighted by Gasteiger charge is -2.26. The molecule has 2 aromatic rings. The first-order chi connectivity index (χ1) is 12.6. The smallest absolute Gasteiger partial charge is 0.253 e. The van der Waals surface area contributed by atoms with Gasteiger partial charge in [-0.15, -0.1) is 0 Å². The molecule has 0 radical (unpaired) electrons. The zero-order valence-electron chi connectivity index (χ0n) is 15.1. The van der Waals surface area contributed by atoms with Crippen LogP contribution in [0.2, 0.25) is 0 Å². The van der Waals surface area contributed by atoms with Crippen molar-refractivity contribution in [1.29, 1.82) is 0 Å². The Balaban J connectivity index is 1.60. The summed E-state index contributed by atoms with van der Waals surface area (Å²) in [6.07, 6.45) is 3.34. The van der Waals surface area contributed by atoms with E-state index in [1.54, 1.807) is 11.9 Å². The molecule has 0 bridgehead atoms. The van der Waals surface area contributed by atoms with Crippen LogP contribution in [0.3, 0.4) is 0 Å². The van der Waals surface area contributed by atoms with Crippen LogP contribution in [0.5, 0.6) is 0 Å². The maximum atomic E-state index is 12.6. The zero-order valence-corrected chi connectivity index (χ0v) is 15.1. The number of piperidine rings is 1. The van der Waals surface area contributed by atoms with Crippen LogP contribution >= 0.6 is 0 Å². The summed E-state index contributed by atoms with van der Waals surface area (Å²) in [4.78, 5) is 28.5. The summed E-state index contributed by atoms with van der Waals surface area (Å²) in [7, 11) is 1.76. The van der Waals surface area contributed by atoms with Crippen molar-refractivity contribution < 1.29 is 9.59 Å². The van der Waals surface area contributed by atoms with Crippen molar-refractivity contribution in [2.24, 2.45) is 0 Å².